The summed E-state index contributed by atoms with van der Waals surface area (Å²) in [5.74, 6) is -2.36. The van der Waals surface area contributed by atoms with Crippen molar-refractivity contribution in [2.75, 3.05) is 123 Å². The molecule has 2 aromatic carbocycles. The molecule has 4 heterocycles. The van der Waals surface area contributed by atoms with Gasteiger partial charge in [0.1, 0.15) is 11.9 Å². The lowest BCUT2D eigenvalue weighted by Crippen LogP contribution is -2.42. The molecule has 1 atom stereocenters. The maximum atomic E-state index is 14.1. The number of carbonyl (C=O) groups excluding carboxylic acids is 3. The maximum Gasteiger partial charge on any atom is 0.326 e. The monoisotopic (exact) mass is 1010 g/mol. The molecule has 3 amide bonds. The zero-order valence-corrected chi connectivity index (χ0v) is 42.5. The van der Waals surface area contributed by atoms with Crippen molar-refractivity contribution in [1.29, 1.82) is 0 Å². The van der Waals surface area contributed by atoms with E-state index >= 15 is 0 Å². The number of carboxylic acid groups (broad SMARTS) is 1. The Morgan fingerprint density at radius 2 is 1.27 bits per heavy atom. The Bertz CT molecular complexity index is 2310. The number of nitrogens with zero attached hydrogens (tertiary/aromatic N) is 6. The van der Waals surface area contributed by atoms with Crippen LogP contribution in [-0.4, -0.2) is 187 Å². The van der Waals surface area contributed by atoms with Crippen molar-refractivity contribution in [3.05, 3.63) is 82.4 Å². The molecule has 0 saturated carbocycles. The second-order valence-corrected chi connectivity index (χ2v) is 18.5. The number of hydrogen-bond donors (Lipinski definition) is 12. The third kappa shape index (κ3) is 20.5. The second-order valence-electron chi connectivity index (χ2n) is 18.5. The molecule has 6 rings (SSSR count). The fourth-order valence-corrected chi connectivity index (χ4v) is 8.61. The number of aryl methyl sites for hydroxylation is 1. The molecule has 0 radical (unpaired) electrons. The summed E-state index contributed by atoms with van der Waals surface area (Å²) in [5, 5.41) is 52.9. The highest BCUT2D eigenvalue weighted by molar-refractivity contribution is 5.97. The Hall–Kier alpha value is -5.98. The smallest absolute Gasteiger partial charge is 0.326 e. The summed E-state index contributed by atoms with van der Waals surface area (Å²) in [6, 6.07) is 11.4. The number of aromatic nitrogens is 4. The molecule has 22 heteroatoms. The first-order valence-electron chi connectivity index (χ1n) is 26.0. The SMILES string of the molecule is Cc1nc(O)c2nc(CNc3ccc(C(=O)NC(CCC(=O)NCCNC(=O)c4cc(CN5CCCNCCNCCCNCC5)ccc4CN4CCCNCCNCCCNCC4)C(=O)O)cc3)cnc2n1. The molecule has 0 aliphatic carbocycles. The van der Waals surface area contributed by atoms with Crippen LogP contribution >= 0.6 is 0 Å². The van der Waals surface area contributed by atoms with E-state index in [2.05, 4.69) is 95.0 Å². The number of benzene rings is 2. The van der Waals surface area contributed by atoms with Crippen molar-refractivity contribution in [3.8, 4) is 5.88 Å². The number of amides is 3. The topological polar surface area (TPSA) is 287 Å². The molecule has 2 aliphatic heterocycles. The quantitative estimate of drug-likeness (QED) is 0.0633. The Kier molecular flexibility index (Phi) is 24.4. The van der Waals surface area contributed by atoms with E-state index in [9.17, 15) is 29.4 Å². The number of aliphatic carboxylic acids is 1. The van der Waals surface area contributed by atoms with Crippen LogP contribution in [0.2, 0.25) is 0 Å². The lowest BCUT2D eigenvalue weighted by Gasteiger charge is -2.26. The molecule has 1 unspecified atom stereocenters. The summed E-state index contributed by atoms with van der Waals surface area (Å²) in [6.07, 6.45) is 5.38. The molecule has 398 valence electrons. The molecule has 0 spiro atoms. The number of anilines is 1. The highest BCUT2D eigenvalue weighted by Crippen LogP contribution is 2.20. The van der Waals surface area contributed by atoms with Gasteiger partial charge >= 0.3 is 5.97 Å². The van der Waals surface area contributed by atoms with E-state index in [1.165, 1.54) is 0 Å². The van der Waals surface area contributed by atoms with Crippen LogP contribution in [-0.2, 0) is 29.2 Å². The Balaban J connectivity index is 1.00. The average molecular weight is 1010 g/mol. The van der Waals surface area contributed by atoms with Crippen LogP contribution in [0, 0.1) is 6.92 Å². The number of rotatable bonds is 17. The van der Waals surface area contributed by atoms with E-state index in [4.69, 9.17) is 0 Å². The number of aromatic hydroxyl groups is 1. The number of nitrogens with one attached hydrogen (secondary N) is 10. The zero-order valence-electron chi connectivity index (χ0n) is 42.5. The second kappa shape index (κ2) is 31.6. The van der Waals surface area contributed by atoms with E-state index < -0.39 is 23.8 Å². The average Bonchev–Trinajstić information content (AvgIpc) is 3.38. The lowest BCUT2D eigenvalue weighted by molar-refractivity contribution is -0.139. The summed E-state index contributed by atoms with van der Waals surface area (Å²) < 4.78 is 0. The molecule has 0 bridgehead atoms. The van der Waals surface area contributed by atoms with Gasteiger partial charge in [0.05, 0.1) is 18.4 Å². The lowest BCUT2D eigenvalue weighted by atomic mass is 10.0. The molecular weight excluding hydrogens is 933 g/mol. The molecule has 22 nitrogen and oxygen atoms in total. The van der Waals surface area contributed by atoms with E-state index in [1.54, 1.807) is 37.4 Å². The fraction of sp³-hybridized carbons (Fsp3) is 0.569. The predicted octanol–water partition coefficient (Wildman–Crippen LogP) is 0.285. The van der Waals surface area contributed by atoms with Crippen molar-refractivity contribution in [3.63, 3.8) is 0 Å². The fourth-order valence-electron chi connectivity index (χ4n) is 8.61. The Morgan fingerprint density at radius 1 is 0.671 bits per heavy atom. The van der Waals surface area contributed by atoms with Gasteiger partial charge in [-0.2, -0.15) is 4.98 Å². The summed E-state index contributed by atoms with van der Waals surface area (Å²) in [4.78, 5) is 74.0. The first-order valence-corrected chi connectivity index (χ1v) is 26.0. The molecule has 2 fully saturated rings. The van der Waals surface area contributed by atoms with Crippen LogP contribution in [0.15, 0.2) is 48.7 Å². The van der Waals surface area contributed by atoms with E-state index in [0.717, 1.165) is 142 Å². The van der Waals surface area contributed by atoms with Crippen LogP contribution in [0.3, 0.4) is 0 Å². The van der Waals surface area contributed by atoms with Crippen molar-refractivity contribution >= 4 is 40.5 Å². The highest BCUT2D eigenvalue weighted by Gasteiger charge is 2.23. The summed E-state index contributed by atoms with van der Waals surface area (Å²) in [5.41, 5.74) is 4.52. The molecule has 73 heavy (non-hydrogen) atoms. The third-order valence-electron chi connectivity index (χ3n) is 12.6. The van der Waals surface area contributed by atoms with Gasteiger partial charge in [0.2, 0.25) is 11.8 Å². The Morgan fingerprint density at radius 3 is 1.92 bits per heavy atom. The van der Waals surface area contributed by atoms with Crippen LogP contribution < -0.4 is 53.2 Å². The molecule has 4 aromatic rings. The highest BCUT2D eigenvalue weighted by atomic mass is 16.4. The van der Waals surface area contributed by atoms with Gasteiger partial charge in [0.25, 0.3) is 11.8 Å². The van der Waals surface area contributed by atoms with Gasteiger partial charge in [0.15, 0.2) is 11.2 Å². The van der Waals surface area contributed by atoms with Crippen molar-refractivity contribution < 1.29 is 29.4 Å². The first-order chi connectivity index (χ1) is 35.6. The van der Waals surface area contributed by atoms with Gasteiger partial charge in [-0.25, -0.2) is 19.7 Å². The third-order valence-corrected chi connectivity index (χ3v) is 12.6. The molecule has 12 N–H and O–H groups in total. The normalized spacial score (nSPS) is 17.3. The van der Waals surface area contributed by atoms with Crippen molar-refractivity contribution in [2.24, 2.45) is 0 Å². The zero-order chi connectivity index (χ0) is 51.5. The van der Waals surface area contributed by atoms with Crippen LogP contribution in [0.4, 0.5) is 5.69 Å². The van der Waals surface area contributed by atoms with Gasteiger partial charge in [-0.3, -0.25) is 24.2 Å². The van der Waals surface area contributed by atoms with Crippen molar-refractivity contribution in [2.45, 2.75) is 71.1 Å². The van der Waals surface area contributed by atoms with Crippen LogP contribution in [0.1, 0.15) is 81.9 Å². The summed E-state index contributed by atoms with van der Waals surface area (Å²) in [7, 11) is 0. The predicted molar refractivity (Wildman–Crippen MR) is 281 cm³/mol. The first kappa shape index (κ1) is 56.3. The van der Waals surface area contributed by atoms with Crippen molar-refractivity contribution in [1.82, 2.24) is 77.6 Å². The number of carbonyl (C=O) groups is 4. The van der Waals surface area contributed by atoms with Gasteiger partial charge in [-0.1, -0.05) is 12.1 Å². The Labute approximate surface area is 428 Å². The largest absolute Gasteiger partial charge is 0.492 e. The molecule has 2 aliphatic rings. The molecular formula is C51H78N16O6. The molecule has 2 aromatic heterocycles. The van der Waals surface area contributed by atoms with E-state index in [0.29, 0.717) is 35.9 Å². The minimum absolute atomic E-state index is 0.137. The summed E-state index contributed by atoms with van der Waals surface area (Å²) >= 11 is 0. The van der Waals surface area contributed by atoms with Gasteiger partial charge < -0.3 is 63.4 Å². The summed E-state index contributed by atoms with van der Waals surface area (Å²) in [6.45, 7) is 18.3. The van der Waals surface area contributed by atoms with Gasteiger partial charge in [-0.05, 0) is 133 Å². The number of hydrogen-bond acceptors (Lipinski definition) is 18. The molecule has 2 saturated heterocycles. The van der Waals surface area contributed by atoms with E-state index in [1.807, 2.05) is 6.07 Å². The van der Waals surface area contributed by atoms with E-state index in [-0.39, 0.29) is 61.0 Å². The maximum absolute atomic E-state index is 14.1. The number of carboxylic acids is 1. The van der Waals surface area contributed by atoms with Crippen LogP contribution in [0.5, 0.6) is 5.88 Å². The minimum Gasteiger partial charge on any atom is -0.492 e. The standard InChI is InChI=1S/C51H78N16O6/c1-37-62-47-46(50(71)63-37)64-42(34-61-47)33-60-41-10-8-39(9-11-41)48(69)65-44(51(72)73)12-13-45(68)58-24-25-59-49(70)43-32-38(35-66-28-4-18-54-22-20-52-14-2-16-56-26-30-66)6-7-40(43)36-67-29-5-19-55-23-21-53-15-3-17-57-27-31-67/h6-11,32,34,44,52-57,60H,2-5,12-31,33,35-36H2,1H3,(H,58,68)(H,59,70)(H,65,69)(H,72,73)(H,61,62,63,71). The van der Waals surface area contributed by atoms with Gasteiger partial charge in [-0.15, -0.1) is 0 Å². The number of fused-ring (bicyclic) bond motifs is 1. The minimum atomic E-state index is -1.31. The van der Waals surface area contributed by atoms with Crippen LogP contribution in [0.25, 0.3) is 11.2 Å². The van der Waals surface area contributed by atoms with Gasteiger partial charge in [0, 0.05) is 102 Å².